The van der Waals surface area contributed by atoms with Crippen molar-refractivity contribution in [3.8, 4) is 5.69 Å². The summed E-state index contributed by atoms with van der Waals surface area (Å²) in [7, 11) is 2.00. The molecule has 0 unspecified atom stereocenters. The molecule has 1 amide bonds. The molecule has 0 aliphatic heterocycles. The third-order valence-electron chi connectivity index (χ3n) is 4.11. The van der Waals surface area contributed by atoms with Crippen LogP contribution >= 0.6 is 0 Å². The fraction of sp³-hybridized carbons (Fsp3) is 0.476. The first-order valence-electron chi connectivity index (χ1n) is 9.68. The SMILES string of the molecule is CCNC(=NCCNC(=O)C(C)(C)C)N(C)Cc1cnn(-c2ccccc2)c1. The molecule has 2 aromatic rings. The fourth-order valence-corrected chi connectivity index (χ4v) is 2.58. The van der Waals surface area contributed by atoms with Gasteiger partial charge in [0.1, 0.15) is 0 Å². The Kier molecular flexibility index (Phi) is 7.61. The summed E-state index contributed by atoms with van der Waals surface area (Å²) in [6.07, 6.45) is 3.90. The van der Waals surface area contributed by atoms with Crippen molar-refractivity contribution in [3.63, 3.8) is 0 Å². The Labute approximate surface area is 167 Å². The van der Waals surface area contributed by atoms with Crippen LogP contribution in [-0.2, 0) is 11.3 Å². The molecule has 152 valence electrons. The molecular formula is C21H32N6O. The van der Waals surface area contributed by atoms with Crippen molar-refractivity contribution in [1.82, 2.24) is 25.3 Å². The van der Waals surface area contributed by atoms with Gasteiger partial charge in [-0.2, -0.15) is 5.10 Å². The molecule has 0 spiro atoms. The van der Waals surface area contributed by atoms with Gasteiger partial charge in [-0.15, -0.1) is 0 Å². The van der Waals surface area contributed by atoms with Gasteiger partial charge in [-0.1, -0.05) is 39.0 Å². The molecule has 2 N–H and O–H groups in total. The van der Waals surface area contributed by atoms with Gasteiger partial charge in [0.2, 0.25) is 5.91 Å². The van der Waals surface area contributed by atoms with Crippen LogP contribution in [0, 0.1) is 5.41 Å². The lowest BCUT2D eigenvalue weighted by Crippen LogP contribution is -2.40. The number of amides is 1. The Morgan fingerprint density at radius 1 is 1.21 bits per heavy atom. The van der Waals surface area contributed by atoms with Crippen molar-refractivity contribution in [3.05, 3.63) is 48.3 Å². The molecule has 0 bridgehead atoms. The molecule has 0 atom stereocenters. The zero-order valence-electron chi connectivity index (χ0n) is 17.6. The van der Waals surface area contributed by atoms with Crippen LogP contribution in [0.25, 0.3) is 5.69 Å². The van der Waals surface area contributed by atoms with Crippen LogP contribution in [0.1, 0.15) is 33.3 Å². The number of aromatic nitrogens is 2. The number of nitrogens with one attached hydrogen (secondary N) is 2. The van der Waals surface area contributed by atoms with Gasteiger partial charge in [0, 0.05) is 43.9 Å². The number of rotatable bonds is 7. The highest BCUT2D eigenvalue weighted by Crippen LogP contribution is 2.12. The molecule has 1 aromatic heterocycles. The summed E-state index contributed by atoms with van der Waals surface area (Å²) < 4.78 is 1.87. The summed E-state index contributed by atoms with van der Waals surface area (Å²) >= 11 is 0. The van der Waals surface area contributed by atoms with Crippen molar-refractivity contribution < 1.29 is 4.79 Å². The minimum Gasteiger partial charge on any atom is -0.357 e. The van der Waals surface area contributed by atoms with Gasteiger partial charge in [0.05, 0.1) is 18.4 Å². The fourth-order valence-electron chi connectivity index (χ4n) is 2.58. The molecular weight excluding hydrogens is 352 g/mol. The van der Waals surface area contributed by atoms with Gasteiger partial charge in [0.15, 0.2) is 5.96 Å². The Balaban J connectivity index is 1.94. The molecule has 28 heavy (non-hydrogen) atoms. The molecule has 1 heterocycles. The maximum atomic E-state index is 11.9. The lowest BCUT2D eigenvalue weighted by molar-refractivity contribution is -0.128. The van der Waals surface area contributed by atoms with Crippen molar-refractivity contribution in [2.45, 2.75) is 34.2 Å². The summed E-state index contributed by atoms with van der Waals surface area (Å²) in [4.78, 5) is 18.6. The Bertz CT molecular complexity index is 776. The maximum Gasteiger partial charge on any atom is 0.225 e. The third-order valence-corrected chi connectivity index (χ3v) is 4.11. The molecule has 2 rings (SSSR count). The first-order chi connectivity index (χ1) is 13.3. The first kappa shape index (κ1) is 21.5. The number of guanidine groups is 1. The first-order valence-corrected chi connectivity index (χ1v) is 9.68. The number of nitrogens with zero attached hydrogens (tertiary/aromatic N) is 4. The van der Waals surface area contributed by atoms with E-state index in [-0.39, 0.29) is 11.3 Å². The highest BCUT2D eigenvalue weighted by atomic mass is 16.2. The molecule has 7 nitrogen and oxygen atoms in total. The number of aliphatic imine (C=N–C) groups is 1. The minimum atomic E-state index is -0.385. The Morgan fingerprint density at radius 3 is 2.57 bits per heavy atom. The van der Waals surface area contributed by atoms with E-state index < -0.39 is 0 Å². The molecule has 0 aliphatic carbocycles. The van der Waals surface area contributed by atoms with E-state index in [0.29, 0.717) is 19.6 Å². The van der Waals surface area contributed by atoms with E-state index in [1.54, 1.807) is 0 Å². The van der Waals surface area contributed by atoms with E-state index in [4.69, 9.17) is 0 Å². The van der Waals surface area contributed by atoms with Crippen molar-refractivity contribution in [1.29, 1.82) is 0 Å². The van der Waals surface area contributed by atoms with Crippen LogP contribution in [-0.4, -0.2) is 53.2 Å². The topological polar surface area (TPSA) is 74.6 Å². The molecule has 0 saturated carbocycles. The Hall–Kier alpha value is -2.83. The number of benzene rings is 1. The van der Waals surface area contributed by atoms with E-state index in [0.717, 1.165) is 23.8 Å². The van der Waals surface area contributed by atoms with Crippen LogP contribution in [0.2, 0.25) is 0 Å². The largest absolute Gasteiger partial charge is 0.357 e. The minimum absolute atomic E-state index is 0.0365. The zero-order chi connectivity index (χ0) is 20.6. The summed E-state index contributed by atoms with van der Waals surface area (Å²) in [6.45, 7) is 10.3. The van der Waals surface area contributed by atoms with Gasteiger partial charge in [-0.25, -0.2) is 4.68 Å². The molecule has 0 aliphatic rings. The Morgan fingerprint density at radius 2 is 1.93 bits per heavy atom. The van der Waals surface area contributed by atoms with E-state index in [1.807, 2.05) is 82.1 Å². The van der Waals surface area contributed by atoms with Crippen molar-refractivity contribution in [2.75, 3.05) is 26.7 Å². The lowest BCUT2D eigenvalue weighted by Gasteiger charge is -2.22. The lowest BCUT2D eigenvalue weighted by atomic mass is 9.96. The van der Waals surface area contributed by atoms with Crippen LogP contribution in [0.15, 0.2) is 47.7 Å². The smallest absolute Gasteiger partial charge is 0.225 e. The van der Waals surface area contributed by atoms with Crippen molar-refractivity contribution >= 4 is 11.9 Å². The summed E-state index contributed by atoms with van der Waals surface area (Å²) in [5.41, 5.74) is 1.74. The highest BCUT2D eigenvalue weighted by Gasteiger charge is 2.20. The van der Waals surface area contributed by atoms with Gasteiger partial charge in [0.25, 0.3) is 0 Å². The van der Waals surface area contributed by atoms with Gasteiger partial charge >= 0.3 is 0 Å². The zero-order valence-corrected chi connectivity index (χ0v) is 17.6. The summed E-state index contributed by atoms with van der Waals surface area (Å²) in [5, 5.41) is 10.7. The van der Waals surface area contributed by atoms with Crippen LogP contribution in [0.5, 0.6) is 0 Å². The average Bonchev–Trinajstić information content (AvgIpc) is 3.12. The number of carbonyl (C=O) groups excluding carboxylic acids is 1. The van der Waals surface area contributed by atoms with E-state index in [1.165, 1.54) is 0 Å². The van der Waals surface area contributed by atoms with Crippen molar-refractivity contribution in [2.24, 2.45) is 10.4 Å². The summed E-state index contributed by atoms with van der Waals surface area (Å²) in [6, 6.07) is 10.0. The molecule has 1 aromatic carbocycles. The number of hydrogen-bond donors (Lipinski definition) is 2. The predicted octanol–water partition coefficient (Wildman–Crippen LogP) is 2.43. The molecule has 0 radical (unpaired) electrons. The van der Waals surface area contributed by atoms with Gasteiger partial charge < -0.3 is 15.5 Å². The van der Waals surface area contributed by atoms with Gasteiger partial charge in [-0.05, 0) is 19.1 Å². The predicted molar refractivity (Wildman–Crippen MR) is 113 cm³/mol. The van der Waals surface area contributed by atoms with Crippen LogP contribution < -0.4 is 10.6 Å². The van der Waals surface area contributed by atoms with E-state index in [9.17, 15) is 4.79 Å². The van der Waals surface area contributed by atoms with Gasteiger partial charge in [-0.3, -0.25) is 9.79 Å². The monoisotopic (exact) mass is 384 g/mol. The van der Waals surface area contributed by atoms with E-state index in [2.05, 4.69) is 25.6 Å². The second kappa shape index (κ2) is 9.92. The highest BCUT2D eigenvalue weighted by molar-refractivity contribution is 5.81. The normalized spacial score (nSPS) is 12.0. The maximum absolute atomic E-state index is 11.9. The second-order valence-electron chi connectivity index (χ2n) is 7.73. The quantitative estimate of drug-likeness (QED) is 0.437. The average molecular weight is 385 g/mol. The summed E-state index contributed by atoms with van der Waals surface area (Å²) in [5.74, 6) is 0.842. The molecule has 0 fully saturated rings. The standard InChI is InChI=1S/C21H32N6O/c1-6-22-20(24-13-12-23-19(28)21(2,3)4)26(5)15-17-14-25-27(16-17)18-10-8-7-9-11-18/h7-11,14,16H,6,12-13,15H2,1-5H3,(H,22,24)(H,23,28). The second-order valence-corrected chi connectivity index (χ2v) is 7.73. The van der Waals surface area contributed by atoms with E-state index >= 15 is 0 Å². The van der Waals surface area contributed by atoms with Crippen LogP contribution in [0.3, 0.4) is 0 Å². The molecule has 0 saturated heterocycles. The molecule has 7 heteroatoms. The number of hydrogen-bond acceptors (Lipinski definition) is 3. The van der Waals surface area contributed by atoms with Crippen LogP contribution in [0.4, 0.5) is 0 Å². The third kappa shape index (κ3) is 6.40. The number of carbonyl (C=O) groups is 1. The number of para-hydroxylation sites is 1.